The summed E-state index contributed by atoms with van der Waals surface area (Å²) in [6.07, 6.45) is -0.315. The first kappa shape index (κ1) is 11.9. The highest BCUT2D eigenvalue weighted by atomic mass is 16.4. The second-order valence-electron chi connectivity index (χ2n) is 3.82. The summed E-state index contributed by atoms with van der Waals surface area (Å²) in [7, 11) is 0. The van der Waals surface area contributed by atoms with Gasteiger partial charge in [-0.1, -0.05) is 30.3 Å². The largest absolute Gasteiger partial charge is 0.481 e. The van der Waals surface area contributed by atoms with Gasteiger partial charge in [-0.2, -0.15) is 0 Å². The number of carboxylic acid groups (broad SMARTS) is 2. The fourth-order valence-corrected chi connectivity index (χ4v) is 1.76. The summed E-state index contributed by atoms with van der Waals surface area (Å²) in [5, 5.41) is 17.8. The molecule has 1 aromatic carbocycles. The maximum absolute atomic E-state index is 11.0. The molecule has 0 bridgehead atoms. The number of carboxylic acids is 2. The zero-order valence-corrected chi connectivity index (χ0v) is 9.38. The molecule has 0 saturated carbocycles. The third-order valence-electron chi connectivity index (χ3n) is 2.54. The molecule has 0 aliphatic heterocycles. The Morgan fingerprint density at radius 1 is 1.11 bits per heavy atom. The van der Waals surface area contributed by atoms with E-state index in [9.17, 15) is 9.59 Å². The van der Waals surface area contributed by atoms with Crippen LogP contribution < -0.4 is 0 Å². The summed E-state index contributed by atoms with van der Waals surface area (Å²) in [5.41, 5.74) is 1.62. The first-order valence-electron chi connectivity index (χ1n) is 5.30. The van der Waals surface area contributed by atoms with Crippen molar-refractivity contribution in [3.63, 3.8) is 0 Å². The van der Waals surface area contributed by atoms with Gasteiger partial charge in [0.15, 0.2) is 0 Å². The third kappa shape index (κ3) is 2.40. The highest BCUT2D eigenvalue weighted by Crippen LogP contribution is 2.22. The smallest absolute Gasteiger partial charge is 0.352 e. The maximum atomic E-state index is 11.0. The Morgan fingerprint density at radius 2 is 1.78 bits per heavy atom. The van der Waals surface area contributed by atoms with Crippen molar-refractivity contribution in [2.75, 3.05) is 0 Å². The number of carbonyl (C=O) groups is 2. The van der Waals surface area contributed by atoms with Crippen molar-refractivity contribution in [2.45, 2.75) is 6.42 Å². The first-order valence-corrected chi connectivity index (χ1v) is 5.30. The number of hydrogen-bond acceptors (Lipinski definition) is 2. The molecule has 0 aliphatic rings. The number of aliphatic carboxylic acids is 1. The molecular weight excluding hydrogens is 234 g/mol. The van der Waals surface area contributed by atoms with E-state index in [1.165, 1.54) is 0 Å². The molecule has 0 amide bonds. The summed E-state index contributed by atoms with van der Waals surface area (Å²) in [6, 6.07) is 10.7. The molecule has 0 fully saturated rings. The number of aromatic nitrogens is 1. The van der Waals surface area contributed by atoms with Gasteiger partial charge >= 0.3 is 11.9 Å². The quantitative estimate of drug-likeness (QED) is 0.768. The van der Waals surface area contributed by atoms with Gasteiger partial charge < -0.3 is 15.2 Å². The molecule has 0 spiro atoms. The number of H-pyrrole nitrogens is 1. The number of rotatable bonds is 4. The number of nitrogens with one attached hydrogen (secondary N) is 1. The van der Waals surface area contributed by atoms with E-state index in [-0.39, 0.29) is 17.7 Å². The van der Waals surface area contributed by atoms with Crippen LogP contribution in [0.15, 0.2) is 36.4 Å². The molecule has 1 aromatic heterocycles. The van der Waals surface area contributed by atoms with E-state index in [1.54, 1.807) is 6.07 Å². The molecule has 1 heterocycles. The van der Waals surface area contributed by atoms with Crippen LogP contribution in [-0.2, 0) is 11.2 Å². The van der Waals surface area contributed by atoms with Crippen LogP contribution in [0.3, 0.4) is 0 Å². The molecule has 5 nitrogen and oxygen atoms in total. The van der Waals surface area contributed by atoms with Crippen LogP contribution in [0.2, 0.25) is 0 Å². The van der Waals surface area contributed by atoms with E-state index < -0.39 is 11.9 Å². The van der Waals surface area contributed by atoms with Gasteiger partial charge in [-0.05, 0) is 17.2 Å². The van der Waals surface area contributed by atoms with E-state index in [0.717, 1.165) is 5.56 Å². The van der Waals surface area contributed by atoms with E-state index in [2.05, 4.69) is 4.98 Å². The average molecular weight is 245 g/mol. The van der Waals surface area contributed by atoms with E-state index >= 15 is 0 Å². The molecule has 0 atom stereocenters. The molecule has 2 rings (SSSR count). The molecular formula is C13H11NO4. The Balaban J connectivity index is 2.45. The Labute approximate surface area is 103 Å². The van der Waals surface area contributed by atoms with Crippen molar-refractivity contribution in [2.24, 2.45) is 0 Å². The predicted molar refractivity (Wildman–Crippen MR) is 64.5 cm³/mol. The molecule has 3 N–H and O–H groups in total. The van der Waals surface area contributed by atoms with Crippen LogP contribution in [0.1, 0.15) is 16.1 Å². The van der Waals surface area contributed by atoms with Gasteiger partial charge in [0.25, 0.3) is 0 Å². The van der Waals surface area contributed by atoms with Crippen LogP contribution in [0.25, 0.3) is 11.3 Å². The molecule has 92 valence electrons. The lowest BCUT2D eigenvalue weighted by atomic mass is 10.1. The van der Waals surface area contributed by atoms with Crippen molar-refractivity contribution in [3.8, 4) is 11.3 Å². The molecule has 5 heteroatoms. The minimum atomic E-state index is -1.16. The van der Waals surface area contributed by atoms with Crippen LogP contribution in [-0.4, -0.2) is 27.1 Å². The fourth-order valence-electron chi connectivity index (χ4n) is 1.76. The molecule has 0 saturated heterocycles. The molecule has 0 aliphatic carbocycles. The van der Waals surface area contributed by atoms with Crippen LogP contribution in [0.5, 0.6) is 0 Å². The lowest BCUT2D eigenvalue weighted by Gasteiger charge is -1.95. The summed E-state index contributed by atoms with van der Waals surface area (Å²) in [4.78, 5) is 24.4. The Kier molecular flexibility index (Phi) is 3.14. The second kappa shape index (κ2) is 4.75. The zero-order valence-electron chi connectivity index (χ0n) is 9.38. The molecule has 0 radical (unpaired) electrons. The van der Waals surface area contributed by atoms with Gasteiger partial charge in [0.05, 0.1) is 6.42 Å². The van der Waals surface area contributed by atoms with Crippen LogP contribution in [0, 0.1) is 0 Å². The normalized spacial score (nSPS) is 10.2. The standard InChI is InChI=1S/C13H11NO4/c15-11(16)7-9-6-10(14-12(9)13(17)18)8-4-2-1-3-5-8/h1-6,14H,7H2,(H,15,16)(H,17,18). The number of hydrogen-bond donors (Lipinski definition) is 3. The van der Waals surface area contributed by atoms with Gasteiger partial charge in [-0.15, -0.1) is 0 Å². The second-order valence-corrected chi connectivity index (χ2v) is 3.82. The van der Waals surface area contributed by atoms with Gasteiger partial charge in [-0.25, -0.2) is 4.79 Å². The number of aromatic carboxylic acids is 1. The maximum Gasteiger partial charge on any atom is 0.352 e. The van der Waals surface area contributed by atoms with E-state index in [1.807, 2.05) is 30.3 Å². The summed E-state index contributed by atoms with van der Waals surface area (Å²) in [5.74, 6) is -2.22. The lowest BCUT2D eigenvalue weighted by molar-refractivity contribution is -0.136. The highest BCUT2D eigenvalue weighted by molar-refractivity contribution is 5.90. The SMILES string of the molecule is O=C(O)Cc1cc(-c2ccccc2)[nH]c1C(=O)O. The van der Waals surface area contributed by atoms with Gasteiger partial charge in [0.1, 0.15) is 5.69 Å². The topological polar surface area (TPSA) is 90.4 Å². The minimum absolute atomic E-state index is 0.0729. The monoisotopic (exact) mass is 245 g/mol. The van der Waals surface area contributed by atoms with Crippen molar-refractivity contribution in [3.05, 3.63) is 47.7 Å². The Hall–Kier alpha value is -2.56. The summed E-state index contributed by atoms with van der Waals surface area (Å²) < 4.78 is 0. The van der Waals surface area contributed by atoms with Crippen molar-refractivity contribution in [1.82, 2.24) is 4.98 Å². The van der Waals surface area contributed by atoms with Crippen LogP contribution >= 0.6 is 0 Å². The average Bonchev–Trinajstić information content (AvgIpc) is 2.73. The van der Waals surface area contributed by atoms with E-state index in [0.29, 0.717) is 5.69 Å². The fraction of sp³-hybridized carbons (Fsp3) is 0.0769. The summed E-state index contributed by atoms with van der Waals surface area (Å²) >= 11 is 0. The van der Waals surface area contributed by atoms with Crippen LogP contribution in [0.4, 0.5) is 0 Å². The first-order chi connectivity index (χ1) is 8.58. The lowest BCUT2D eigenvalue weighted by Crippen LogP contribution is -2.06. The highest BCUT2D eigenvalue weighted by Gasteiger charge is 2.17. The number of benzene rings is 1. The Bertz CT molecular complexity index is 586. The Morgan fingerprint density at radius 3 is 2.33 bits per heavy atom. The van der Waals surface area contributed by atoms with Gasteiger partial charge in [0, 0.05) is 5.69 Å². The molecule has 18 heavy (non-hydrogen) atoms. The van der Waals surface area contributed by atoms with Gasteiger partial charge in [0.2, 0.25) is 0 Å². The molecule has 0 unspecified atom stereocenters. The minimum Gasteiger partial charge on any atom is -0.481 e. The van der Waals surface area contributed by atoms with Crippen molar-refractivity contribution in [1.29, 1.82) is 0 Å². The number of aromatic amines is 1. The zero-order chi connectivity index (χ0) is 13.1. The summed E-state index contributed by atoms with van der Waals surface area (Å²) in [6.45, 7) is 0. The van der Waals surface area contributed by atoms with E-state index in [4.69, 9.17) is 10.2 Å². The van der Waals surface area contributed by atoms with Crippen molar-refractivity contribution < 1.29 is 19.8 Å². The predicted octanol–water partition coefficient (Wildman–Crippen LogP) is 2.01. The third-order valence-corrected chi connectivity index (χ3v) is 2.54. The van der Waals surface area contributed by atoms with Gasteiger partial charge in [-0.3, -0.25) is 4.79 Å². The molecule has 2 aromatic rings. The van der Waals surface area contributed by atoms with Crippen molar-refractivity contribution >= 4 is 11.9 Å².